The number of hydrogen-bond donors (Lipinski definition) is 0. The molecule has 0 spiro atoms. The Hall–Kier alpha value is -4.59. The van der Waals surface area contributed by atoms with Crippen LogP contribution in [-0.2, 0) is 12.8 Å². The summed E-state index contributed by atoms with van der Waals surface area (Å²) < 4.78 is 27.9. The largest absolute Gasteiger partial charge is 0.497 e. The second-order valence-corrected chi connectivity index (χ2v) is 9.20. The maximum atomic E-state index is 12.9. The lowest BCUT2D eigenvalue weighted by molar-refractivity contribution is 0.0895. The molecule has 0 amide bonds. The molecule has 0 atom stereocenters. The first kappa shape index (κ1) is 26.0. The molecule has 4 aromatic rings. The van der Waals surface area contributed by atoms with E-state index in [1.54, 1.807) is 68.8 Å². The van der Waals surface area contributed by atoms with Crippen molar-refractivity contribution < 1.29 is 33.0 Å². The molecular weight excluding hydrogens is 500 g/mol. The van der Waals surface area contributed by atoms with Gasteiger partial charge in [-0.2, -0.15) is 0 Å². The molecule has 5 rings (SSSR count). The van der Waals surface area contributed by atoms with E-state index in [4.69, 9.17) is 23.4 Å². The monoisotopic (exact) mass is 528 g/mol. The van der Waals surface area contributed by atoms with Crippen molar-refractivity contribution in [2.75, 3.05) is 27.4 Å². The third kappa shape index (κ3) is 5.50. The Labute approximate surface area is 225 Å². The van der Waals surface area contributed by atoms with Gasteiger partial charge in [0.1, 0.15) is 11.5 Å². The summed E-state index contributed by atoms with van der Waals surface area (Å²) in [5.41, 5.74) is 2.28. The lowest BCUT2D eigenvalue weighted by Crippen LogP contribution is -2.18. The molecule has 1 aliphatic carbocycles. The summed E-state index contributed by atoms with van der Waals surface area (Å²) in [4.78, 5) is 38.6. The van der Waals surface area contributed by atoms with Gasteiger partial charge < -0.3 is 23.4 Å². The van der Waals surface area contributed by atoms with Crippen molar-refractivity contribution in [2.24, 2.45) is 0 Å². The molecule has 8 nitrogen and oxygen atoms in total. The smallest absolute Gasteiger partial charge is 0.339 e. The van der Waals surface area contributed by atoms with E-state index < -0.39 is 5.63 Å². The van der Waals surface area contributed by atoms with Crippen molar-refractivity contribution in [3.8, 4) is 23.0 Å². The molecule has 3 aromatic carbocycles. The minimum atomic E-state index is -0.421. The standard InChI is InChI=1S/C31H28O8/c1-35-21-11-7-19(8-12-21)26(32)17-37-28-16-15-24-23-5-3-4-6-25(23)31(34)39-29(24)30(28)38-18-27(33)20-9-13-22(36-2)14-10-20/h7-16H,3-6,17-18H2,1-2H3. The van der Waals surface area contributed by atoms with Crippen LogP contribution in [0.4, 0.5) is 0 Å². The van der Waals surface area contributed by atoms with E-state index in [0.717, 1.165) is 30.2 Å². The number of fused-ring (bicyclic) bond motifs is 3. The molecule has 8 heteroatoms. The molecule has 0 bridgehead atoms. The first-order valence-corrected chi connectivity index (χ1v) is 12.7. The van der Waals surface area contributed by atoms with E-state index in [2.05, 4.69) is 0 Å². The summed E-state index contributed by atoms with van der Waals surface area (Å²) in [7, 11) is 3.10. The van der Waals surface area contributed by atoms with Crippen molar-refractivity contribution in [3.05, 3.63) is 93.3 Å². The fraction of sp³-hybridized carbons (Fsp3) is 0.258. The van der Waals surface area contributed by atoms with Crippen molar-refractivity contribution in [2.45, 2.75) is 25.7 Å². The number of ketones is 2. The number of rotatable bonds is 10. The van der Waals surface area contributed by atoms with Crippen molar-refractivity contribution >= 4 is 22.5 Å². The molecule has 1 aliphatic rings. The summed E-state index contributed by atoms with van der Waals surface area (Å²) in [5, 5.41) is 0.741. The van der Waals surface area contributed by atoms with Gasteiger partial charge in [-0.05, 0) is 91.9 Å². The van der Waals surface area contributed by atoms with Gasteiger partial charge in [-0.25, -0.2) is 4.79 Å². The lowest BCUT2D eigenvalue weighted by Gasteiger charge is -2.19. The summed E-state index contributed by atoms with van der Waals surface area (Å²) in [6.07, 6.45) is 3.30. The highest BCUT2D eigenvalue weighted by molar-refractivity contribution is 5.98. The zero-order chi connectivity index (χ0) is 27.4. The van der Waals surface area contributed by atoms with Gasteiger partial charge in [0.2, 0.25) is 5.75 Å². The van der Waals surface area contributed by atoms with Crippen LogP contribution in [0, 0.1) is 0 Å². The van der Waals surface area contributed by atoms with Crippen LogP contribution in [0.5, 0.6) is 23.0 Å². The lowest BCUT2D eigenvalue weighted by atomic mass is 9.90. The Morgan fingerprint density at radius 3 is 1.82 bits per heavy atom. The minimum Gasteiger partial charge on any atom is -0.497 e. The van der Waals surface area contributed by atoms with Gasteiger partial charge in [-0.15, -0.1) is 0 Å². The molecule has 1 heterocycles. The van der Waals surface area contributed by atoms with Crippen molar-refractivity contribution in [1.82, 2.24) is 0 Å². The average Bonchev–Trinajstić information content (AvgIpc) is 2.99. The van der Waals surface area contributed by atoms with Gasteiger partial charge >= 0.3 is 5.63 Å². The Balaban J connectivity index is 1.46. The second-order valence-electron chi connectivity index (χ2n) is 9.20. The topological polar surface area (TPSA) is 101 Å². The number of Topliss-reactive ketones (excluding diaryl/α,β-unsaturated/α-hetero) is 2. The Bertz CT molecular complexity index is 1570. The van der Waals surface area contributed by atoms with Gasteiger partial charge in [0.05, 0.1) is 14.2 Å². The predicted octanol–water partition coefficient (Wildman–Crippen LogP) is 5.21. The summed E-state index contributed by atoms with van der Waals surface area (Å²) in [6.45, 7) is -0.606. The molecule has 200 valence electrons. The van der Waals surface area contributed by atoms with E-state index in [9.17, 15) is 14.4 Å². The number of methoxy groups -OCH3 is 2. The third-order valence-corrected chi connectivity index (χ3v) is 6.84. The Morgan fingerprint density at radius 2 is 1.26 bits per heavy atom. The van der Waals surface area contributed by atoms with Crippen LogP contribution in [0.1, 0.15) is 44.7 Å². The SMILES string of the molecule is COc1ccc(C(=O)COc2ccc3c4c(c(=O)oc3c2OCC(=O)c2ccc(OC)cc2)CCCC4)cc1. The highest BCUT2D eigenvalue weighted by Crippen LogP contribution is 2.39. The van der Waals surface area contributed by atoms with Crippen LogP contribution < -0.4 is 24.6 Å². The number of carbonyl (C=O) groups excluding carboxylic acids is 2. The molecular formula is C31H28O8. The van der Waals surface area contributed by atoms with Crippen LogP contribution in [0.2, 0.25) is 0 Å². The fourth-order valence-corrected chi connectivity index (χ4v) is 4.72. The number of ether oxygens (including phenoxy) is 4. The van der Waals surface area contributed by atoms with Crippen molar-refractivity contribution in [3.63, 3.8) is 0 Å². The number of aryl methyl sites for hydroxylation is 1. The molecule has 0 radical (unpaired) electrons. The van der Waals surface area contributed by atoms with E-state index >= 15 is 0 Å². The zero-order valence-electron chi connectivity index (χ0n) is 21.8. The minimum absolute atomic E-state index is 0.113. The van der Waals surface area contributed by atoms with Crippen molar-refractivity contribution in [1.29, 1.82) is 0 Å². The summed E-state index contributed by atoms with van der Waals surface area (Å²) >= 11 is 0. The van der Waals surface area contributed by atoms with Crippen LogP contribution in [-0.4, -0.2) is 39.0 Å². The van der Waals surface area contributed by atoms with E-state index in [1.165, 1.54) is 0 Å². The third-order valence-electron chi connectivity index (χ3n) is 6.84. The second kappa shape index (κ2) is 11.4. The van der Waals surface area contributed by atoms with Gasteiger partial charge in [0.15, 0.2) is 36.1 Å². The Kier molecular flexibility index (Phi) is 7.63. The van der Waals surface area contributed by atoms with Gasteiger partial charge in [0.25, 0.3) is 0 Å². The van der Waals surface area contributed by atoms with Gasteiger partial charge in [0, 0.05) is 22.1 Å². The molecule has 0 N–H and O–H groups in total. The summed E-state index contributed by atoms with van der Waals surface area (Å²) in [6, 6.07) is 16.9. The molecule has 39 heavy (non-hydrogen) atoms. The van der Waals surface area contributed by atoms with Gasteiger partial charge in [-0.3, -0.25) is 9.59 Å². The first-order chi connectivity index (χ1) is 19.0. The van der Waals surface area contributed by atoms with E-state index in [-0.39, 0.29) is 41.9 Å². The van der Waals surface area contributed by atoms with E-state index in [1.807, 2.05) is 6.07 Å². The first-order valence-electron chi connectivity index (χ1n) is 12.7. The van der Waals surface area contributed by atoms with Crippen LogP contribution >= 0.6 is 0 Å². The molecule has 0 aliphatic heterocycles. The molecule has 1 aromatic heterocycles. The summed E-state index contributed by atoms with van der Waals surface area (Å²) in [5.74, 6) is 1.04. The number of benzene rings is 3. The van der Waals surface area contributed by atoms with E-state index in [0.29, 0.717) is 34.6 Å². The van der Waals surface area contributed by atoms with Crippen LogP contribution in [0.25, 0.3) is 11.0 Å². The quantitative estimate of drug-likeness (QED) is 0.204. The fourth-order valence-electron chi connectivity index (χ4n) is 4.72. The van der Waals surface area contributed by atoms with Crippen LogP contribution in [0.3, 0.4) is 0 Å². The predicted molar refractivity (Wildman–Crippen MR) is 145 cm³/mol. The number of hydrogen-bond acceptors (Lipinski definition) is 8. The zero-order valence-corrected chi connectivity index (χ0v) is 21.8. The number of carbonyl (C=O) groups is 2. The Morgan fingerprint density at radius 1 is 0.718 bits per heavy atom. The van der Waals surface area contributed by atoms with Gasteiger partial charge in [-0.1, -0.05) is 0 Å². The molecule has 0 saturated carbocycles. The molecule has 0 saturated heterocycles. The maximum Gasteiger partial charge on any atom is 0.339 e. The van der Waals surface area contributed by atoms with Crippen LogP contribution in [0.15, 0.2) is 69.9 Å². The molecule has 0 unspecified atom stereocenters. The molecule has 0 fully saturated rings. The highest BCUT2D eigenvalue weighted by Gasteiger charge is 2.23. The highest BCUT2D eigenvalue weighted by atomic mass is 16.5. The maximum absolute atomic E-state index is 12.9. The normalized spacial score (nSPS) is 12.5. The average molecular weight is 529 g/mol.